The molecule has 0 spiro atoms. The molecule has 1 unspecified atom stereocenters. The first-order chi connectivity index (χ1) is 13.7. The molecule has 1 atom stereocenters. The lowest BCUT2D eigenvalue weighted by atomic mass is 10.1. The number of aromatic amines is 1. The fourth-order valence-corrected chi connectivity index (χ4v) is 3.63. The number of pyridine rings is 2. The Hall–Kier alpha value is -3.41. The van der Waals surface area contributed by atoms with Gasteiger partial charge in [-0.05, 0) is 66.9 Å². The summed E-state index contributed by atoms with van der Waals surface area (Å²) in [5.74, 6) is 0.489. The van der Waals surface area contributed by atoms with Gasteiger partial charge in [0.2, 0.25) is 0 Å². The van der Waals surface area contributed by atoms with Crippen molar-refractivity contribution in [2.75, 3.05) is 13.7 Å². The van der Waals surface area contributed by atoms with Crippen LogP contribution in [0, 0.1) is 0 Å². The number of likely N-dealkylation sites (tertiary alicyclic amines) is 1. The Balaban J connectivity index is 1.60. The molecule has 1 amide bonds. The molecule has 3 heterocycles. The molecule has 142 valence electrons. The van der Waals surface area contributed by atoms with E-state index in [1.165, 1.54) is 0 Å². The lowest BCUT2D eigenvalue weighted by Gasteiger charge is -2.24. The average molecular weight is 375 g/mol. The standard InChI is InChI=1S/C22H21N3O3/c1-28-16-9-7-15(8-10-16)18-12-11-17(21(26)24-18)22(27)25-14-4-6-20(25)19-5-2-3-13-23-19/h2-3,5,7-13,20H,4,6,14H2,1H3,(H,24,26). The van der Waals surface area contributed by atoms with Crippen LogP contribution in [0.15, 0.2) is 65.6 Å². The van der Waals surface area contributed by atoms with Gasteiger partial charge in [-0.3, -0.25) is 14.6 Å². The highest BCUT2D eigenvalue weighted by molar-refractivity contribution is 5.94. The molecule has 1 aromatic carbocycles. The molecule has 2 aromatic heterocycles. The van der Waals surface area contributed by atoms with E-state index in [-0.39, 0.29) is 23.1 Å². The normalized spacial score (nSPS) is 16.2. The van der Waals surface area contributed by atoms with E-state index < -0.39 is 0 Å². The minimum atomic E-state index is -0.384. The molecule has 6 nitrogen and oxygen atoms in total. The molecule has 1 saturated heterocycles. The molecule has 1 aliphatic rings. The number of hydrogen-bond acceptors (Lipinski definition) is 4. The fourth-order valence-electron chi connectivity index (χ4n) is 3.63. The van der Waals surface area contributed by atoms with Gasteiger partial charge in [-0.25, -0.2) is 0 Å². The summed E-state index contributed by atoms with van der Waals surface area (Å²) in [5, 5.41) is 0. The highest BCUT2D eigenvalue weighted by Crippen LogP contribution is 2.31. The topological polar surface area (TPSA) is 75.3 Å². The van der Waals surface area contributed by atoms with Crippen molar-refractivity contribution in [3.8, 4) is 17.0 Å². The van der Waals surface area contributed by atoms with Gasteiger partial charge < -0.3 is 14.6 Å². The SMILES string of the molecule is COc1ccc(-c2ccc(C(=O)N3CCCC3c3ccccn3)c(=O)[nH]2)cc1. The van der Waals surface area contributed by atoms with Gasteiger partial charge in [0.15, 0.2) is 0 Å². The summed E-state index contributed by atoms with van der Waals surface area (Å²) in [5.41, 5.74) is 2.14. The smallest absolute Gasteiger partial charge is 0.261 e. The van der Waals surface area contributed by atoms with Gasteiger partial charge in [0.05, 0.1) is 18.8 Å². The second kappa shape index (κ2) is 7.68. The zero-order valence-electron chi connectivity index (χ0n) is 15.6. The number of rotatable bonds is 4. The maximum absolute atomic E-state index is 13.0. The number of aromatic nitrogens is 2. The number of carbonyl (C=O) groups is 1. The quantitative estimate of drug-likeness (QED) is 0.758. The molecule has 4 rings (SSSR count). The van der Waals surface area contributed by atoms with Gasteiger partial charge in [-0.1, -0.05) is 6.07 Å². The van der Waals surface area contributed by atoms with Crippen LogP contribution >= 0.6 is 0 Å². The monoisotopic (exact) mass is 375 g/mol. The molecular formula is C22H21N3O3. The van der Waals surface area contributed by atoms with Crippen molar-refractivity contribution < 1.29 is 9.53 Å². The van der Waals surface area contributed by atoms with Gasteiger partial charge in [-0.2, -0.15) is 0 Å². The second-order valence-electron chi connectivity index (χ2n) is 6.75. The number of ether oxygens (including phenoxy) is 1. The zero-order valence-corrected chi connectivity index (χ0v) is 15.6. The first kappa shape index (κ1) is 18.0. The maximum atomic E-state index is 13.0. The lowest BCUT2D eigenvalue weighted by Crippen LogP contribution is -2.34. The molecule has 28 heavy (non-hydrogen) atoms. The summed E-state index contributed by atoms with van der Waals surface area (Å²) in [6, 6.07) is 16.4. The van der Waals surface area contributed by atoms with Gasteiger partial charge in [0.1, 0.15) is 11.3 Å². The lowest BCUT2D eigenvalue weighted by molar-refractivity contribution is 0.0731. The van der Waals surface area contributed by atoms with E-state index in [4.69, 9.17) is 4.74 Å². The molecule has 0 radical (unpaired) electrons. The van der Waals surface area contributed by atoms with Crippen molar-refractivity contribution in [1.82, 2.24) is 14.9 Å². The van der Waals surface area contributed by atoms with E-state index in [1.807, 2.05) is 42.5 Å². The first-order valence-corrected chi connectivity index (χ1v) is 9.27. The Labute approximate surface area is 162 Å². The summed E-state index contributed by atoms with van der Waals surface area (Å²) in [6.45, 7) is 0.625. The Morgan fingerprint density at radius 2 is 1.96 bits per heavy atom. The average Bonchev–Trinajstić information content (AvgIpc) is 3.24. The third-order valence-electron chi connectivity index (χ3n) is 5.08. The third kappa shape index (κ3) is 3.41. The predicted octanol–water partition coefficient (Wildman–Crippen LogP) is 3.42. The van der Waals surface area contributed by atoms with E-state index in [0.29, 0.717) is 12.2 Å². The molecule has 1 aliphatic heterocycles. The third-order valence-corrected chi connectivity index (χ3v) is 5.08. The Bertz CT molecular complexity index is 1030. The highest BCUT2D eigenvalue weighted by atomic mass is 16.5. The molecule has 0 bridgehead atoms. The number of hydrogen-bond donors (Lipinski definition) is 1. The number of carbonyl (C=O) groups excluding carboxylic acids is 1. The van der Waals surface area contributed by atoms with E-state index in [9.17, 15) is 9.59 Å². The molecule has 3 aromatic rings. The van der Waals surface area contributed by atoms with E-state index in [1.54, 1.807) is 30.3 Å². The van der Waals surface area contributed by atoms with Crippen molar-refractivity contribution >= 4 is 5.91 Å². The summed E-state index contributed by atoms with van der Waals surface area (Å²) in [7, 11) is 1.61. The van der Waals surface area contributed by atoms with Crippen molar-refractivity contribution in [2.45, 2.75) is 18.9 Å². The van der Waals surface area contributed by atoms with Crippen LogP contribution in [0.1, 0.15) is 34.9 Å². The maximum Gasteiger partial charge on any atom is 0.261 e. The first-order valence-electron chi connectivity index (χ1n) is 9.27. The Morgan fingerprint density at radius 3 is 2.64 bits per heavy atom. The van der Waals surface area contributed by atoms with E-state index >= 15 is 0 Å². The molecule has 0 aliphatic carbocycles. The van der Waals surface area contributed by atoms with Crippen LogP contribution in [-0.4, -0.2) is 34.4 Å². The Kier molecular flexibility index (Phi) is 4.93. The van der Waals surface area contributed by atoms with Crippen LogP contribution in [-0.2, 0) is 0 Å². The fraction of sp³-hybridized carbons (Fsp3) is 0.227. The molecule has 0 saturated carbocycles. The largest absolute Gasteiger partial charge is 0.497 e. The van der Waals surface area contributed by atoms with Crippen molar-refractivity contribution in [3.63, 3.8) is 0 Å². The molecule has 1 fully saturated rings. The minimum Gasteiger partial charge on any atom is -0.497 e. The van der Waals surface area contributed by atoms with Crippen LogP contribution in [0.5, 0.6) is 5.75 Å². The number of amides is 1. The number of nitrogens with one attached hydrogen (secondary N) is 1. The molecular weight excluding hydrogens is 354 g/mol. The Morgan fingerprint density at radius 1 is 1.14 bits per heavy atom. The van der Waals surface area contributed by atoms with Crippen LogP contribution in [0.4, 0.5) is 0 Å². The van der Waals surface area contributed by atoms with Crippen molar-refractivity contribution in [1.29, 1.82) is 0 Å². The van der Waals surface area contributed by atoms with Crippen LogP contribution in [0.2, 0.25) is 0 Å². The number of H-pyrrole nitrogens is 1. The van der Waals surface area contributed by atoms with Crippen LogP contribution in [0.3, 0.4) is 0 Å². The number of benzene rings is 1. The van der Waals surface area contributed by atoms with E-state index in [0.717, 1.165) is 29.8 Å². The second-order valence-corrected chi connectivity index (χ2v) is 6.75. The summed E-state index contributed by atoms with van der Waals surface area (Å²) in [4.78, 5) is 34.6. The van der Waals surface area contributed by atoms with Gasteiger partial charge in [0, 0.05) is 18.4 Å². The number of nitrogens with zero attached hydrogens (tertiary/aromatic N) is 2. The predicted molar refractivity (Wildman–Crippen MR) is 106 cm³/mol. The minimum absolute atomic E-state index is 0.0886. The highest BCUT2D eigenvalue weighted by Gasteiger charge is 2.32. The van der Waals surface area contributed by atoms with Gasteiger partial charge in [0.25, 0.3) is 11.5 Å². The van der Waals surface area contributed by atoms with E-state index in [2.05, 4.69) is 9.97 Å². The van der Waals surface area contributed by atoms with Gasteiger partial charge >= 0.3 is 0 Å². The molecule has 6 heteroatoms. The van der Waals surface area contributed by atoms with Crippen molar-refractivity contribution in [3.05, 3.63) is 82.4 Å². The van der Waals surface area contributed by atoms with Gasteiger partial charge in [-0.15, -0.1) is 0 Å². The zero-order chi connectivity index (χ0) is 19.5. The summed E-state index contributed by atoms with van der Waals surface area (Å²) >= 11 is 0. The number of methoxy groups -OCH3 is 1. The summed E-state index contributed by atoms with van der Waals surface area (Å²) < 4.78 is 5.16. The van der Waals surface area contributed by atoms with Crippen LogP contribution < -0.4 is 10.3 Å². The van der Waals surface area contributed by atoms with Crippen LogP contribution in [0.25, 0.3) is 11.3 Å². The van der Waals surface area contributed by atoms with Crippen molar-refractivity contribution in [2.24, 2.45) is 0 Å². The summed E-state index contributed by atoms with van der Waals surface area (Å²) in [6.07, 6.45) is 3.48. The molecule has 1 N–H and O–H groups in total.